The molecule has 2 amide bonds. The Morgan fingerprint density at radius 1 is 1.02 bits per heavy atom. The maximum Gasteiger partial charge on any atom is 0.429 e. The van der Waals surface area contributed by atoms with Crippen LogP contribution in [0.4, 0.5) is 29.7 Å². The highest BCUT2D eigenvalue weighted by Gasteiger charge is 2.51. The van der Waals surface area contributed by atoms with Crippen LogP contribution in [-0.2, 0) is 25.7 Å². The minimum absolute atomic E-state index is 0.0433. The standard InChI is InChI=1S/C40H43ClF3N7O6/c1-3-55-36(53)31-22-39(24-50(31)38(54)56-23-26-8-5-4-6-9-26)15-18-49(19-16-39)32-21-33(46-37(45-32)47-35(52)27-10-7-11-27)57-34(40(42,43)44)29-13-12-28(41)20-30(29)51-17-14-25(2)48-51/h4-6,8-9,12-14,17,20-21,27,31,34H,3,7,10-11,15-16,18-19,22-24H2,1-2H3,(H,45,46,47,52)/t31-,34+/m0/s1. The van der Waals surface area contributed by atoms with Gasteiger partial charge in [0.1, 0.15) is 18.5 Å². The summed E-state index contributed by atoms with van der Waals surface area (Å²) in [6.07, 6.45) is -2.84. The lowest BCUT2D eigenvalue weighted by Crippen LogP contribution is -2.43. The second kappa shape index (κ2) is 16.6. The topological polar surface area (TPSA) is 141 Å². The number of alkyl halides is 3. The molecule has 17 heteroatoms. The summed E-state index contributed by atoms with van der Waals surface area (Å²) < 4.78 is 62.9. The number of likely N-dealkylation sites (tertiary alicyclic amines) is 1. The molecule has 2 aromatic heterocycles. The first-order valence-corrected chi connectivity index (χ1v) is 19.3. The summed E-state index contributed by atoms with van der Waals surface area (Å²) in [6, 6.07) is 15.3. The summed E-state index contributed by atoms with van der Waals surface area (Å²) in [4.78, 5) is 51.7. The minimum Gasteiger partial charge on any atom is -0.464 e. The fraction of sp³-hybridized carbons (Fsp3) is 0.450. The molecule has 0 bridgehead atoms. The number of hydrogen-bond acceptors (Lipinski definition) is 10. The molecule has 13 nitrogen and oxygen atoms in total. The average molecular weight is 810 g/mol. The third-order valence-electron chi connectivity index (χ3n) is 10.8. The van der Waals surface area contributed by atoms with E-state index in [2.05, 4.69) is 20.4 Å². The van der Waals surface area contributed by atoms with Crippen molar-refractivity contribution in [3.05, 3.63) is 88.7 Å². The lowest BCUT2D eigenvalue weighted by Gasteiger charge is -2.39. The van der Waals surface area contributed by atoms with E-state index in [0.717, 1.165) is 12.0 Å². The number of carbonyl (C=O) groups is 3. The molecule has 0 radical (unpaired) electrons. The highest BCUT2D eigenvalue weighted by Crippen LogP contribution is 2.46. The molecule has 1 N–H and O–H groups in total. The van der Waals surface area contributed by atoms with E-state index in [0.29, 0.717) is 50.9 Å². The van der Waals surface area contributed by atoms with Crippen molar-refractivity contribution >= 4 is 41.3 Å². The Hall–Kier alpha value is -5.38. The van der Waals surface area contributed by atoms with Crippen molar-refractivity contribution in [3.8, 4) is 11.6 Å². The Balaban J connectivity index is 1.14. The van der Waals surface area contributed by atoms with Gasteiger partial charge >= 0.3 is 18.2 Å². The molecule has 2 aliphatic heterocycles. The molecule has 7 rings (SSSR count). The van der Waals surface area contributed by atoms with Crippen LogP contribution in [0.25, 0.3) is 5.69 Å². The molecule has 4 heterocycles. The minimum atomic E-state index is -4.91. The summed E-state index contributed by atoms with van der Waals surface area (Å²) in [5.74, 6) is -1.42. The van der Waals surface area contributed by atoms with Gasteiger partial charge in [-0.3, -0.25) is 15.0 Å². The maximum atomic E-state index is 15.0. The number of esters is 1. The molecule has 1 spiro atoms. The maximum absolute atomic E-state index is 15.0. The Labute approximate surface area is 332 Å². The number of hydrogen-bond donors (Lipinski definition) is 1. The van der Waals surface area contributed by atoms with Crippen molar-refractivity contribution in [3.63, 3.8) is 0 Å². The van der Waals surface area contributed by atoms with Crippen LogP contribution in [0.3, 0.4) is 0 Å². The van der Waals surface area contributed by atoms with Crippen LogP contribution >= 0.6 is 11.6 Å². The predicted octanol–water partition coefficient (Wildman–Crippen LogP) is 7.61. The quantitative estimate of drug-likeness (QED) is 0.151. The smallest absolute Gasteiger partial charge is 0.429 e. The number of aromatic nitrogens is 4. The molecule has 3 aliphatic rings. The first-order chi connectivity index (χ1) is 27.3. The molecule has 302 valence electrons. The van der Waals surface area contributed by atoms with E-state index < -0.39 is 41.7 Å². The average Bonchev–Trinajstić information content (AvgIpc) is 3.76. The zero-order valence-electron chi connectivity index (χ0n) is 31.5. The number of piperidine rings is 1. The Morgan fingerprint density at radius 2 is 1.77 bits per heavy atom. The van der Waals surface area contributed by atoms with E-state index in [-0.39, 0.29) is 59.6 Å². The van der Waals surface area contributed by atoms with Crippen LogP contribution in [-0.4, -0.2) is 81.1 Å². The summed E-state index contributed by atoms with van der Waals surface area (Å²) in [7, 11) is 0. The van der Waals surface area contributed by atoms with E-state index in [1.807, 2.05) is 35.2 Å². The van der Waals surface area contributed by atoms with Crippen LogP contribution in [0.1, 0.15) is 68.4 Å². The first-order valence-electron chi connectivity index (χ1n) is 19.0. The van der Waals surface area contributed by atoms with Crippen LogP contribution in [0.5, 0.6) is 5.88 Å². The third kappa shape index (κ3) is 9.11. The molecule has 0 unspecified atom stereocenters. The summed E-state index contributed by atoms with van der Waals surface area (Å²) in [5, 5.41) is 7.20. The highest BCUT2D eigenvalue weighted by molar-refractivity contribution is 6.30. The van der Waals surface area contributed by atoms with Crippen molar-refractivity contribution < 1.29 is 41.8 Å². The van der Waals surface area contributed by atoms with Crippen molar-refractivity contribution in [2.75, 3.05) is 36.5 Å². The van der Waals surface area contributed by atoms with Crippen molar-refractivity contribution in [2.24, 2.45) is 11.3 Å². The van der Waals surface area contributed by atoms with Gasteiger partial charge in [-0.1, -0.05) is 54.4 Å². The number of nitrogens with one attached hydrogen (secondary N) is 1. The monoisotopic (exact) mass is 809 g/mol. The van der Waals surface area contributed by atoms with Gasteiger partial charge < -0.3 is 19.1 Å². The second-order valence-corrected chi connectivity index (χ2v) is 15.2. The number of halogens is 4. The van der Waals surface area contributed by atoms with Crippen molar-refractivity contribution in [1.29, 1.82) is 0 Å². The van der Waals surface area contributed by atoms with Gasteiger partial charge in [0.25, 0.3) is 0 Å². The first kappa shape index (κ1) is 39.8. The number of benzene rings is 2. The zero-order valence-corrected chi connectivity index (χ0v) is 32.3. The fourth-order valence-electron chi connectivity index (χ4n) is 7.56. The summed E-state index contributed by atoms with van der Waals surface area (Å²) >= 11 is 6.24. The van der Waals surface area contributed by atoms with Crippen LogP contribution < -0.4 is 15.0 Å². The summed E-state index contributed by atoms with van der Waals surface area (Å²) in [5.41, 5.74) is 0.748. The molecule has 3 fully saturated rings. The molecule has 2 atom stereocenters. The van der Waals surface area contributed by atoms with E-state index in [4.69, 9.17) is 25.8 Å². The normalized spacial score (nSPS) is 18.5. The van der Waals surface area contributed by atoms with Crippen molar-refractivity contribution in [1.82, 2.24) is 24.6 Å². The van der Waals surface area contributed by atoms with E-state index >= 15 is 0 Å². The number of anilines is 2. The van der Waals surface area contributed by atoms with E-state index in [1.165, 1.54) is 40.0 Å². The van der Waals surface area contributed by atoms with E-state index in [1.54, 1.807) is 19.9 Å². The number of ether oxygens (including phenoxy) is 3. The second-order valence-electron chi connectivity index (χ2n) is 14.8. The van der Waals surface area contributed by atoms with E-state index in [9.17, 15) is 27.6 Å². The molecular formula is C40H43ClF3N7O6. The molecule has 2 saturated heterocycles. The third-order valence-corrected chi connectivity index (χ3v) is 11.1. The fourth-order valence-corrected chi connectivity index (χ4v) is 7.73. The molecule has 1 saturated carbocycles. The largest absolute Gasteiger partial charge is 0.464 e. The number of nitrogens with zero attached hydrogens (tertiary/aromatic N) is 6. The Morgan fingerprint density at radius 3 is 2.42 bits per heavy atom. The Kier molecular flexibility index (Phi) is 11.6. The number of carbonyl (C=O) groups excluding carboxylic acids is 3. The predicted molar refractivity (Wildman–Crippen MR) is 203 cm³/mol. The van der Waals surface area contributed by atoms with Gasteiger partial charge in [0, 0.05) is 48.4 Å². The molecule has 57 heavy (non-hydrogen) atoms. The van der Waals surface area contributed by atoms with Gasteiger partial charge in [-0.2, -0.15) is 28.2 Å². The van der Waals surface area contributed by atoms with Gasteiger partial charge in [0.2, 0.25) is 23.8 Å². The highest BCUT2D eigenvalue weighted by atomic mass is 35.5. The summed E-state index contributed by atoms with van der Waals surface area (Å²) in [6.45, 7) is 4.61. The molecule has 1 aliphatic carbocycles. The number of rotatable bonds is 11. The number of aryl methyl sites for hydroxylation is 1. The SMILES string of the molecule is CCOC(=O)[C@@H]1CC2(CCN(c3cc(O[C@H](c4ccc(Cl)cc4-n4ccc(C)n4)C(F)(F)F)nc(NC(=O)C4CCC4)n3)CC2)CN1C(=O)OCc1ccccc1. The molecule has 4 aromatic rings. The van der Waals surface area contributed by atoms with Gasteiger partial charge in [0.15, 0.2) is 0 Å². The number of amides is 2. The lowest BCUT2D eigenvalue weighted by molar-refractivity contribution is -0.198. The van der Waals surface area contributed by atoms with Gasteiger partial charge in [-0.25, -0.2) is 14.3 Å². The van der Waals surface area contributed by atoms with Crippen LogP contribution in [0.2, 0.25) is 5.02 Å². The lowest BCUT2D eigenvalue weighted by atomic mass is 9.76. The van der Waals surface area contributed by atoms with Crippen LogP contribution in [0, 0.1) is 18.3 Å². The van der Waals surface area contributed by atoms with Crippen LogP contribution in [0.15, 0.2) is 66.9 Å². The molecule has 2 aromatic carbocycles. The van der Waals surface area contributed by atoms with Gasteiger partial charge in [0.05, 0.1) is 18.0 Å². The van der Waals surface area contributed by atoms with Gasteiger partial charge in [-0.15, -0.1) is 0 Å². The Bertz CT molecular complexity index is 2090. The molecular weight excluding hydrogens is 767 g/mol. The zero-order chi connectivity index (χ0) is 40.3. The van der Waals surface area contributed by atoms with Crippen molar-refractivity contribution in [2.45, 2.75) is 77.3 Å². The van der Waals surface area contributed by atoms with Gasteiger partial charge in [-0.05, 0) is 75.1 Å².